The van der Waals surface area contributed by atoms with E-state index in [1.54, 1.807) is 17.8 Å². The Morgan fingerprint density at radius 1 is 1.50 bits per heavy atom. The van der Waals surface area contributed by atoms with Crippen molar-refractivity contribution in [2.75, 3.05) is 11.6 Å². The van der Waals surface area contributed by atoms with Crippen molar-refractivity contribution in [3.8, 4) is 0 Å². The van der Waals surface area contributed by atoms with Crippen molar-refractivity contribution in [2.24, 2.45) is 5.92 Å². The van der Waals surface area contributed by atoms with Gasteiger partial charge in [0.1, 0.15) is 0 Å². The number of thioether (sulfide) groups is 1. The predicted octanol–water partition coefficient (Wildman–Crippen LogP) is 4.21. The van der Waals surface area contributed by atoms with E-state index >= 15 is 0 Å². The van der Waals surface area contributed by atoms with Crippen LogP contribution in [0.1, 0.15) is 24.2 Å². The molecule has 2 atom stereocenters. The summed E-state index contributed by atoms with van der Waals surface area (Å²) in [6, 6.07) is 5.61. The molecule has 0 radical (unpaired) electrons. The van der Waals surface area contributed by atoms with E-state index in [1.165, 1.54) is 0 Å². The second kappa shape index (κ2) is 7.41. The van der Waals surface area contributed by atoms with Gasteiger partial charge in [0.25, 0.3) is 5.91 Å². The molecule has 0 aliphatic carbocycles. The summed E-state index contributed by atoms with van der Waals surface area (Å²) < 4.78 is 0. The third-order valence-electron chi connectivity index (χ3n) is 2.87. The highest BCUT2D eigenvalue weighted by atomic mass is 79.9. The molecule has 0 saturated carbocycles. The van der Waals surface area contributed by atoms with Crippen molar-refractivity contribution in [1.82, 2.24) is 5.32 Å². The van der Waals surface area contributed by atoms with Gasteiger partial charge in [0.2, 0.25) is 0 Å². The van der Waals surface area contributed by atoms with Gasteiger partial charge in [-0.15, -0.1) is 11.8 Å². The van der Waals surface area contributed by atoms with Crippen LogP contribution in [0.5, 0.6) is 0 Å². The molecule has 1 amide bonds. The van der Waals surface area contributed by atoms with E-state index in [4.69, 9.17) is 11.6 Å². The van der Waals surface area contributed by atoms with E-state index in [0.717, 1.165) is 10.2 Å². The van der Waals surface area contributed by atoms with Gasteiger partial charge < -0.3 is 5.32 Å². The van der Waals surface area contributed by atoms with Gasteiger partial charge in [0.15, 0.2) is 0 Å². The highest BCUT2D eigenvalue weighted by molar-refractivity contribution is 9.09. The van der Waals surface area contributed by atoms with Gasteiger partial charge >= 0.3 is 0 Å². The molecule has 0 aliphatic heterocycles. The van der Waals surface area contributed by atoms with Crippen LogP contribution in [0.25, 0.3) is 0 Å². The van der Waals surface area contributed by atoms with E-state index in [2.05, 4.69) is 28.2 Å². The van der Waals surface area contributed by atoms with E-state index in [1.807, 2.05) is 25.3 Å². The Bertz CT molecular complexity index is 427. The molecule has 1 rings (SSSR count). The van der Waals surface area contributed by atoms with Crippen LogP contribution < -0.4 is 5.32 Å². The Balaban J connectivity index is 2.83. The number of alkyl halides is 1. The fourth-order valence-corrected chi connectivity index (χ4v) is 2.57. The first-order valence-corrected chi connectivity index (χ1v) is 8.42. The Labute approximate surface area is 126 Å². The molecule has 2 unspecified atom stereocenters. The fraction of sp³-hybridized carbons (Fsp3) is 0.462. The van der Waals surface area contributed by atoms with Crippen LogP contribution in [0, 0.1) is 5.92 Å². The maximum atomic E-state index is 12.1. The molecule has 1 N–H and O–H groups in total. The lowest BCUT2D eigenvalue weighted by molar-refractivity contribution is 0.0931. The van der Waals surface area contributed by atoms with Gasteiger partial charge in [-0.05, 0) is 37.3 Å². The summed E-state index contributed by atoms with van der Waals surface area (Å²) in [5.74, 6) is 0.257. The zero-order valence-corrected chi connectivity index (χ0v) is 13.8. The minimum absolute atomic E-state index is 0.103. The molecule has 0 spiro atoms. The molecule has 0 heterocycles. The summed E-state index contributed by atoms with van der Waals surface area (Å²) in [6.45, 7) is 4.08. The zero-order chi connectivity index (χ0) is 13.7. The molecule has 0 fully saturated rings. The maximum absolute atomic E-state index is 12.1. The number of hydrogen-bond acceptors (Lipinski definition) is 2. The number of halogens is 2. The van der Waals surface area contributed by atoms with E-state index < -0.39 is 0 Å². The number of rotatable bonds is 5. The maximum Gasteiger partial charge on any atom is 0.253 e. The SMILES string of the molecule is CSc1ccc(Cl)c(C(=O)NC(C)C(C)CBr)c1. The van der Waals surface area contributed by atoms with Gasteiger partial charge in [-0.25, -0.2) is 0 Å². The summed E-state index contributed by atoms with van der Waals surface area (Å²) in [4.78, 5) is 13.2. The molecule has 5 heteroatoms. The summed E-state index contributed by atoms with van der Waals surface area (Å²) in [5, 5.41) is 4.32. The topological polar surface area (TPSA) is 29.1 Å². The van der Waals surface area contributed by atoms with Crippen LogP contribution in [-0.4, -0.2) is 23.5 Å². The summed E-state index contributed by atoms with van der Waals surface area (Å²) in [5.41, 5.74) is 0.539. The van der Waals surface area contributed by atoms with Crippen molar-refractivity contribution in [3.63, 3.8) is 0 Å². The summed E-state index contributed by atoms with van der Waals surface area (Å²) in [7, 11) is 0. The van der Waals surface area contributed by atoms with Crippen molar-refractivity contribution in [3.05, 3.63) is 28.8 Å². The number of hydrogen-bond donors (Lipinski definition) is 1. The number of benzene rings is 1. The second-order valence-electron chi connectivity index (χ2n) is 4.24. The lowest BCUT2D eigenvalue weighted by Gasteiger charge is -2.19. The minimum Gasteiger partial charge on any atom is -0.349 e. The summed E-state index contributed by atoms with van der Waals surface area (Å²) in [6.07, 6.45) is 1.97. The van der Waals surface area contributed by atoms with Crippen LogP contribution in [0.2, 0.25) is 5.02 Å². The molecule has 18 heavy (non-hydrogen) atoms. The lowest BCUT2D eigenvalue weighted by Crippen LogP contribution is -2.37. The van der Waals surface area contributed by atoms with Crippen molar-refractivity contribution in [1.29, 1.82) is 0 Å². The molecular weight excluding hydrogens is 334 g/mol. The molecule has 0 saturated heterocycles. The standard InChI is InChI=1S/C13H17BrClNOS/c1-8(7-14)9(2)16-13(17)11-6-10(18-3)4-5-12(11)15/h4-6,8-9H,7H2,1-3H3,(H,16,17). The van der Waals surface area contributed by atoms with Gasteiger partial charge in [-0.1, -0.05) is 34.5 Å². The van der Waals surface area contributed by atoms with E-state index in [-0.39, 0.29) is 11.9 Å². The van der Waals surface area contributed by atoms with E-state index in [9.17, 15) is 4.79 Å². The molecule has 0 aliphatic rings. The Morgan fingerprint density at radius 2 is 2.17 bits per heavy atom. The van der Waals surface area contributed by atoms with Crippen LogP contribution in [0.4, 0.5) is 0 Å². The first-order valence-electron chi connectivity index (χ1n) is 5.70. The molecule has 100 valence electrons. The summed E-state index contributed by atoms with van der Waals surface area (Å²) >= 11 is 11.1. The van der Waals surface area contributed by atoms with E-state index in [0.29, 0.717) is 16.5 Å². The fourth-order valence-electron chi connectivity index (χ4n) is 1.37. The van der Waals surface area contributed by atoms with Crippen LogP contribution in [-0.2, 0) is 0 Å². The Hall–Kier alpha value is -0.190. The molecule has 0 bridgehead atoms. The third kappa shape index (κ3) is 4.18. The lowest BCUT2D eigenvalue weighted by atomic mass is 10.1. The van der Waals surface area contributed by atoms with Crippen molar-refractivity contribution >= 4 is 45.2 Å². The quantitative estimate of drug-likeness (QED) is 0.636. The van der Waals surface area contributed by atoms with Gasteiger partial charge in [-0.3, -0.25) is 4.79 Å². The second-order valence-corrected chi connectivity index (χ2v) is 6.17. The normalized spacial score (nSPS) is 14.1. The van der Waals surface area contributed by atoms with Crippen LogP contribution in [0.15, 0.2) is 23.1 Å². The average Bonchev–Trinajstić information content (AvgIpc) is 2.38. The average molecular weight is 351 g/mol. The number of nitrogens with one attached hydrogen (secondary N) is 1. The van der Waals surface area contributed by atoms with Crippen molar-refractivity contribution in [2.45, 2.75) is 24.8 Å². The van der Waals surface area contributed by atoms with Gasteiger partial charge in [-0.2, -0.15) is 0 Å². The zero-order valence-electron chi connectivity index (χ0n) is 10.7. The Morgan fingerprint density at radius 3 is 2.72 bits per heavy atom. The van der Waals surface area contributed by atoms with Crippen LogP contribution >= 0.6 is 39.3 Å². The van der Waals surface area contributed by atoms with Gasteiger partial charge in [0, 0.05) is 16.3 Å². The van der Waals surface area contributed by atoms with Gasteiger partial charge in [0.05, 0.1) is 10.6 Å². The highest BCUT2D eigenvalue weighted by Gasteiger charge is 2.17. The molecule has 1 aromatic carbocycles. The molecule has 2 nitrogen and oxygen atoms in total. The first kappa shape index (κ1) is 15.9. The number of amides is 1. The largest absolute Gasteiger partial charge is 0.349 e. The number of carbonyl (C=O) groups excluding carboxylic acids is 1. The molecular formula is C13H17BrClNOS. The molecule has 1 aromatic rings. The first-order chi connectivity index (χ1) is 8.49. The smallest absolute Gasteiger partial charge is 0.253 e. The minimum atomic E-state index is -0.115. The Kier molecular flexibility index (Phi) is 6.53. The molecule has 0 aromatic heterocycles. The monoisotopic (exact) mass is 349 g/mol. The highest BCUT2D eigenvalue weighted by Crippen LogP contribution is 2.23. The van der Waals surface area contributed by atoms with Crippen molar-refractivity contribution < 1.29 is 4.79 Å². The van der Waals surface area contributed by atoms with Crippen LogP contribution in [0.3, 0.4) is 0 Å². The third-order valence-corrected chi connectivity index (χ3v) is 4.95. The number of carbonyl (C=O) groups is 1. The predicted molar refractivity (Wildman–Crippen MR) is 83.1 cm³/mol.